The Balaban J connectivity index is 3.04. The summed E-state index contributed by atoms with van der Waals surface area (Å²) >= 11 is 0. The summed E-state index contributed by atoms with van der Waals surface area (Å²) in [5, 5.41) is 0. The van der Waals surface area contributed by atoms with Gasteiger partial charge in [-0.25, -0.2) is 0 Å². The fourth-order valence-corrected chi connectivity index (χ4v) is 3.39. The van der Waals surface area contributed by atoms with Gasteiger partial charge in [0.2, 0.25) is 0 Å². The maximum Gasteiger partial charge on any atom is -0.0233 e. The van der Waals surface area contributed by atoms with E-state index in [0.717, 1.165) is 0 Å². The van der Waals surface area contributed by atoms with Crippen molar-refractivity contribution in [2.75, 3.05) is 0 Å². The van der Waals surface area contributed by atoms with Crippen LogP contribution in [-0.2, 0) is 0 Å². The van der Waals surface area contributed by atoms with Crippen molar-refractivity contribution in [2.24, 2.45) is 5.92 Å². The van der Waals surface area contributed by atoms with E-state index in [1.165, 1.54) is 116 Å². The summed E-state index contributed by atoms with van der Waals surface area (Å²) in [7, 11) is 0. The van der Waals surface area contributed by atoms with E-state index in [0.29, 0.717) is 5.92 Å². The van der Waals surface area contributed by atoms with E-state index in [1.54, 1.807) is 0 Å². The van der Waals surface area contributed by atoms with Crippen LogP contribution in [0.25, 0.3) is 0 Å². The van der Waals surface area contributed by atoms with Gasteiger partial charge in [0.1, 0.15) is 0 Å². The second-order valence-corrected chi connectivity index (χ2v) is 7.45. The molecular formula is C23H45. The maximum absolute atomic E-state index is 5.62. The second-order valence-electron chi connectivity index (χ2n) is 7.45. The highest BCUT2D eigenvalue weighted by molar-refractivity contribution is 4.74. The number of hydrogen-bond acceptors (Lipinski definition) is 0. The Bertz CT molecular complexity index is 218. The third kappa shape index (κ3) is 17.9. The summed E-state index contributed by atoms with van der Waals surface area (Å²) < 4.78 is 0. The van der Waals surface area contributed by atoms with Crippen molar-refractivity contribution in [2.45, 2.75) is 129 Å². The smallest absolute Gasteiger partial charge is 0.0233 e. The van der Waals surface area contributed by atoms with Gasteiger partial charge in [-0.3, -0.25) is 0 Å². The van der Waals surface area contributed by atoms with E-state index in [4.69, 9.17) is 6.58 Å². The second kappa shape index (κ2) is 19.8. The van der Waals surface area contributed by atoms with Crippen LogP contribution in [0, 0.1) is 12.5 Å². The van der Waals surface area contributed by atoms with Crippen LogP contribution in [0.15, 0.2) is 6.08 Å². The molecule has 1 unspecified atom stereocenters. The van der Waals surface area contributed by atoms with Crippen LogP contribution >= 0.6 is 0 Å². The highest BCUT2D eigenvalue weighted by atomic mass is 14.1. The van der Waals surface area contributed by atoms with Crippen LogP contribution < -0.4 is 0 Å². The van der Waals surface area contributed by atoms with E-state index in [1.807, 2.05) is 6.08 Å². The van der Waals surface area contributed by atoms with Crippen LogP contribution in [0.1, 0.15) is 129 Å². The Hall–Kier alpha value is -0.260. The molecule has 0 bridgehead atoms. The molecule has 0 aliphatic carbocycles. The summed E-state index contributed by atoms with van der Waals surface area (Å²) in [6, 6.07) is 0. The lowest BCUT2D eigenvalue weighted by molar-refractivity contribution is 0.498. The zero-order valence-electron chi connectivity index (χ0n) is 16.5. The molecule has 0 aromatic heterocycles. The fraction of sp³-hybridized carbons (Fsp3) is 0.913. The molecule has 0 nitrogen and oxygen atoms in total. The summed E-state index contributed by atoms with van der Waals surface area (Å²) in [6.07, 6.45) is 27.5. The molecule has 0 heteroatoms. The van der Waals surface area contributed by atoms with Crippen molar-refractivity contribution in [3.63, 3.8) is 0 Å². The average Bonchev–Trinajstić information content (AvgIpc) is 2.58. The zero-order valence-corrected chi connectivity index (χ0v) is 16.5. The first-order chi connectivity index (χ1) is 11.3. The lowest BCUT2D eigenvalue weighted by Crippen LogP contribution is -1.93. The zero-order chi connectivity index (χ0) is 17.0. The molecule has 1 atom stereocenters. The van der Waals surface area contributed by atoms with Gasteiger partial charge in [-0.2, -0.15) is 0 Å². The van der Waals surface area contributed by atoms with Crippen LogP contribution in [0.2, 0.25) is 0 Å². The van der Waals surface area contributed by atoms with E-state index in [-0.39, 0.29) is 0 Å². The largest absolute Gasteiger partial charge is 0.0814 e. The minimum Gasteiger partial charge on any atom is -0.0814 e. The van der Waals surface area contributed by atoms with Gasteiger partial charge in [0, 0.05) is 0 Å². The summed E-state index contributed by atoms with van der Waals surface area (Å²) in [4.78, 5) is 0. The molecular weight excluding hydrogens is 276 g/mol. The molecule has 0 aromatic rings. The molecule has 0 amide bonds. The van der Waals surface area contributed by atoms with Gasteiger partial charge in [-0.1, -0.05) is 129 Å². The Morgan fingerprint density at radius 3 is 1.22 bits per heavy atom. The van der Waals surface area contributed by atoms with Crippen molar-refractivity contribution in [3.05, 3.63) is 12.7 Å². The lowest BCUT2D eigenvalue weighted by atomic mass is 9.98. The molecule has 0 saturated heterocycles. The summed E-state index contributed by atoms with van der Waals surface area (Å²) in [6.45, 7) is 10.2. The van der Waals surface area contributed by atoms with Crippen LogP contribution in [-0.4, -0.2) is 0 Å². The normalized spacial score (nSPS) is 12.4. The van der Waals surface area contributed by atoms with Gasteiger partial charge < -0.3 is 0 Å². The highest BCUT2D eigenvalue weighted by Gasteiger charge is 2.00. The summed E-state index contributed by atoms with van der Waals surface area (Å²) in [5.74, 6) is 0.654. The molecule has 0 aromatic carbocycles. The molecule has 137 valence electrons. The van der Waals surface area contributed by atoms with Crippen molar-refractivity contribution in [1.29, 1.82) is 0 Å². The minimum absolute atomic E-state index is 0.654. The van der Waals surface area contributed by atoms with Gasteiger partial charge in [0.25, 0.3) is 0 Å². The molecule has 0 fully saturated rings. The molecule has 0 aliphatic rings. The molecule has 0 rings (SSSR count). The molecule has 0 spiro atoms. The van der Waals surface area contributed by atoms with Gasteiger partial charge in [-0.15, -0.1) is 0 Å². The topological polar surface area (TPSA) is 0 Å². The fourth-order valence-electron chi connectivity index (χ4n) is 3.39. The monoisotopic (exact) mass is 321 g/mol. The van der Waals surface area contributed by atoms with E-state index in [2.05, 4.69) is 13.8 Å². The number of hydrogen-bond donors (Lipinski definition) is 0. The standard InChI is InChI=1S/C23H45/c1-4-7-8-9-10-11-12-13-14-15-16-17-18-19-20-21-22-23(5-2)6-3/h2,5,23H,4,6-22H2,1,3H3. The molecule has 1 radical (unpaired) electrons. The van der Waals surface area contributed by atoms with E-state index < -0.39 is 0 Å². The third-order valence-corrected chi connectivity index (χ3v) is 5.23. The molecule has 23 heavy (non-hydrogen) atoms. The predicted octanol–water partition coefficient (Wildman–Crippen LogP) is 8.65. The first-order valence-electron chi connectivity index (χ1n) is 10.9. The van der Waals surface area contributed by atoms with Gasteiger partial charge in [-0.05, 0) is 18.8 Å². The van der Waals surface area contributed by atoms with Crippen molar-refractivity contribution in [3.8, 4) is 0 Å². The van der Waals surface area contributed by atoms with Crippen molar-refractivity contribution < 1.29 is 0 Å². The van der Waals surface area contributed by atoms with E-state index in [9.17, 15) is 0 Å². The Morgan fingerprint density at radius 2 is 0.913 bits per heavy atom. The number of unbranched alkanes of at least 4 members (excludes halogenated alkanes) is 15. The maximum atomic E-state index is 5.62. The number of allylic oxidation sites excluding steroid dienone is 1. The van der Waals surface area contributed by atoms with Crippen LogP contribution in [0.3, 0.4) is 0 Å². The minimum atomic E-state index is 0.654. The van der Waals surface area contributed by atoms with E-state index >= 15 is 0 Å². The Kier molecular flexibility index (Phi) is 19.6. The first kappa shape index (κ1) is 22.7. The van der Waals surface area contributed by atoms with Gasteiger partial charge in [0.05, 0.1) is 0 Å². The quantitative estimate of drug-likeness (QED) is 0.209. The lowest BCUT2D eigenvalue weighted by Gasteiger charge is -2.08. The van der Waals surface area contributed by atoms with Gasteiger partial charge in [0.15, 0.2) is 0 Å². The van der Waals surface area contributed by atoms with Crippen LogP contribution in [0.5, 0.6) is 0 Å². The average molecular weight is 322 g/mol. The molecule has 0 heterocycles. The highest BCUT2D eigenvalue weighted by Crippen LogP contribution is 2.16. The summed E-state index contributed by atoms with van der Waals surface area (Å²) in [5.41, 5.74) is 0. The van der Waals surface area contributed by atoms with Crippen molar-refractivity contribution >= 4 is 0 Å². The van der Waals surface area contributed by atoms with Gasteiger partial charge >= 0.3 is 0 Å². The number of rotatable bonds is 19. The Morgan fingerprint density at radius 1 is 0.565 bits per heavy atom. The Labute approximate surface area is 148 Å². The molecule has 0 aliphatic heterocycles. The molecule has 0 N–H and O–H groups in total. The van der Waals surface area contributed by atoms with Crippen molar-refractivity contribution in [1.82, 2.24) is 0 Å². The SMILES string of the molecule is [CH]=CC(CC)CCCCCCCCCCCCCCCCCC. The molecule has 0 saturated carbocycles. The predicted molar refractivity (Wildman–Crippen MR) is 107 cm³/mol. The van der Waals surface area contributed by atoms with Crippen LogP contribution in [0.4, 0.5) is 0 Å². The first-order valence-corrected chi connectivity index (χ1v) is 10.9. The third-order valence-electron chi connectivity index (χ3n) is 5.23.